The highest BCUT2D eigenvalue weighted by molar-refractivity contribution is 9.10. The van der Waals surface area contributed by atoms with Gasteiger partial charge in [0, 0.05) is 18.3 Å². The molecular formula is C21H20BrN5O4. The number of Topliss-reactive ketones (excluding diaryl/α,β-unsaturated/α-hetero) is 2. The summed E-state index contributed by atoms with van der Waals surface area (Å²) in [4.78, 5) is 54.3. The van der Waals surface area contributed by atoms with Crippen LogP contribution in [0.15, 0.2) is 38.6 Å². The van der Waals surface area contributed by atoms with Crippen LogP contribution in [-0.2, 0) is 24.9 Å². The molecule has 0 saturated heterocycles. The summed E-state index contributed by atoms with van der Waals surface area (Å²) in [5.74, 6) is 5.08. The predicted molar refractivity (Wildman–Crippen MR) is 120 cm³/mol. The molecule has 9 nitrogen and oxygen atoms in total. The molecule has 1 N–H and O–H groups in total. The van der Waals surface area contributed by atoms with E-state index in [2.05, 4.69) is 38.1 Å². The van der Waals surface area contributed by atoms with Crippen molar-refractivity contribution in [2.75, 3.05) is 11.9 Å². The van der Waals surface area contributed by atoms with E-state index in [1.165, 1.54) is 18.5 Å². The zero-order valence-corrected chi connectivity index (χ0v) is 18.8. The number of nitrogens with zero attached hydrogens (tertiary/aromatic N) is 4. The molecule has 31 heavy (non-hydrogen) atoms. The van der Waals surface area contributed by atoms with Crippen molar-refractivity contribution >= 4 is 44.3 Å². The monoisotopic (exact) mass is 485 g/mol. The number of fused-ring (bicyclic) bond motifs is 1. The summed E-state index contributed by atoms with van der Waals surface area (Å²) in [5, 5.41) is 2.91. The lowest BCUT2D eigenvalue weighted by Crippen LogP contribution is -2.42. The Hall–Kier alpha value is -3.45. The first kappa shape index (κ1) is 22.2. The van der Waals surface area contributed by atoms with E-state index >= 15 is 0 Å². The number of halogens is 1. The number of aryl methyl sites for hydroxylation is 1. The third-order valence-corrected chi connectivity index (χ3v) is 5.32. The van der Waals surface area contributed by atoms with Crippen LogP contribution in [0.3, 0.4) is 0 Å². The van der Waals surface area contributed by atoms with Gasteiger partial charge in [-0.1, -0.05) is 18.1 Å². The normalized spacial score (nSPS) is 10.6. The third kappa shape index (κ3) is 4.36. The number of anilines is 1. The fourth-order valence-corrected chi connectivity index (χ4v) is 3.63. The molecule has 1 aromatic carbocycles. The van der Waals surface area contributed by atoms with E-state index < -0.39 is 23.6 Å². The second-order valence-corrected chi connectivity index (χ2v) is 7.50. The van der Waals surface area contributed by atoms with Crippen LogP contribution < -0.4 is 16.6 Å². The number of hydrogen-bond acceptors (Lipinski definition) is 6. The molecule has 0 saturated carbocycles. The fraction of sp³-hybridized carbons (Fsp3) is 0.286. The summed E-state index contributed by atoms with van der Waals surface area (Å²) in [6.07, 6.45) is 0. The van der Waals surface area contributed by atoms with Crippen LogP contribution in [-0.4, -0.2) is 36.8 Å². The first-order valence-electron chi connectivity index (χ1n) is 9.37. The summed E-state index contributed by atoms with van der Waals surface area (Å²) >= 11 is 3.29. The van der Waals surface area contributed by atoms with E-state index in [0.717, 1.165) is 4.57 Å². The molecule has 0 atom stereocenters. The van der Waals surface area contributed by atoms with Crippen molar-refractivity contribution in [1.82, 2.24) is 18.7 Å². The highest BCUT2D eigenvalue weighted by atomic mass is 79.9. The maximum Gasteiger partial charge on any atom is 0.332 e. The van der Waals surface area contributed by atoms with Crippen molar-refractivity contribution < 1.29 is 9.59 Å². The number of imidazole rings is 1. The first-order valence-corrected chi connectivity index (χ1v) is 10.2. The summed E-state index contributed by atoms with van der Waals surface area (Å²) in [6, 6.07) is 6.81. The van der Waals surface area contributed by atoms with E-state index in [-0.39, 0.29) is 30.0 Å². The molecular weight excluding hydrogens is 466 g/mol. The van der Waals surface area contributed by atoms with Gasteiger partial charge in [-0.2, -0.15) is 0 Å². The minimum Gasteiger partial charge on any atom is -0.377 e. The van der Waals surface area contributed by atoms with Gasteiger partial charge in [-0.15, -0.1) is 5.92 Å². The molecule has 0 aliphatic heterocycles. The van der Waals surface area contributed by atoms with Crippen molar-refractivity contribution in [1.29, 1.82) is 0 Å². The Morgan fingerprint density at radius 3 is 2.58 bits per heavy atom. The number of hydrogen-bond donors (Lipinski definition) is 1. The molecule has 10 heteroatoms. The maximum absolute atomic E-state index is 13.1. The standard InChI is InChI=1S/C21H20BrN5O4/c1-4-5-10-26-17-18(24-20(26)22)25(3)21(31)27(19(17)30)12-14(29)11-23-16-9-7-6-8-15(16)13(2)28/h6-9,23H,10-12H2,1-3H3. The van der Waals surface area contributed by atoms with Gasteiger partial charge < -0.3 is 9.88 Å². The smallest absolute Gasteiger partial charge is 0.332 e. The van der Waals surface area contributed by atoms with Crippen LogP contribution in [0.2, 0.25) is 0 Å². The first-order chi connectivity index (χ1) is 14.8. The molecule has 3 aromatic rings. The molecule has 0 bridgehead atoms. The average molecular weight is 486 g/mol. The molecule has 0 spiro atoms. The van der Waals surface area contributed by atoms with Gasteiger partial charge in [0.1, 0.15) is 0 Å². The molecule has 0 aliphatic rings. The summed E-state index contributed by atoms with van der Waals surface area (Å²) in [7, 11) is 1.49. The fourth-order valence-electron chi connectivity index (χ4n) is 3.16. The number of carbonyl (C=O) groups excluding carboxylic acids is 2. The van der Waals surface area contributed by atoms with Crippen molar-refractivity contribution in [3.8, 4) is 11.8 Å². The Labute approximate surface area is 185 Å². The molecule has 0 aliphatic carbocycles. The van der Waals surface area contributed by atoms with Crippen LogP contribution in [0.25, 0.3) is 11.2 Å². The Morgan fingerprint density at radius 2 is 1.90 bits per heavy atom. The van der Waals surface area contributed by atoms with Crippen LogP contribution >= 0.6 is 15.9 Å². The molecule has 2 heterocycles. The second-order valence-electron chi connectivity index (χ2n) is 6.79. The molecule has 2 aromatic heterocycles. The quantitative estimate of drug-likeness (QED) is 0.309. The molecule has 160 valence electrons. The number of para-hydroxylation sites is 1. The Balaban J connectivity index is 1.93. The lowest BCUT2D eigenvalue weighted by molar-refractivity contribution is -0.118. The van der Waals surface area contributed by atoms with Gasteiger partial charge in [-0.25, -0.2) is 9.78 Å². The van der Waals surface area contributed by atoms with Crippen molar-refractivity contribution in [3.63, 3.8) is 0 Å². The number of carbonyl (C=O) groups is 2. The summed E-state index contributed by atoms with van der Waals surface area (Å²) in [5.41, 5.74) is 0.0894. The number of benzene rings is 1. The zero-order chi connectivity index (χ0) is 22.7. The van der Waals surface area contributed by atoms with Gasteiger partial charge in [0.15, 0.2) is 27.5 Å². The van der Waals surface area contributed by atoms with Crippen molar-refractivity contribution in [2.45, 2.75) is 26.9 Å². The van der Waals surface area contributed by atoms with Crippen molar-refractivity contribution in [3.05, 3.63) is 55.4 Å². The van der Waals surface area contributed by atoms with E-state index in [0.29, 0.717) is 16.0 Å². The SMILES string of the molecule is CC#CCn1c(Br)nc2c1c(=O)n(CC(=O)CNc1ccccc1C(C)=O)c(=O)n2C. The van der Waals surface area contributed by atoms with Gasteiger partial charge in [-0.3, -0.25) is 23.5 Å². The lowest BCUT2D eigenvalue weighted by Gasteiger charge is -2.11. The Kier molecular flexibility index (Phi) is 6.56. The van der Waals surface area contributed by atoms with Gasteiger partial charge in [-0.05, 0) is 41.9 Å². The highest BCUT2D eigenvalue weighted by Gasteiger charge is 2.20. The molecule has 0 radical (unpaired) electrons. The number of nitrogens with one attached hydrogen (secondary N) is 1. The Morgan fingerprint density at radius 1 is 1.19 bits per heavy atom. The average Bonchev–Trinajstić information content (AvgIpc) is 3.08. The van der Waals surface area contributed by atoms with E-state index in [1.807, 2.05) is 0 Å². The Bertz CT molecular complexity index is 1370. The highest BCUT2D eigenvalue weighted by Crippen LogP contribution is 2.16. The number of ketones is 2. The van der Waals surface area contributed by atoms with Gasteiger partial charge in [0.2, 0.25) is 0 Å². The van der Waals surface area contributed by atoms with Gasteiger partial charge in [0.25, 0.3) is 5.56 Å². The van der Waals surface area contributed by atoms with Crippen LogP contribution in [0, 0.1) is 11.8 Å². The number of aromatic nitrogens is 4. The summed E-state index contributed by atoms with van der Waals surface area (Å²) < 4.78 is 4.02. The summed E-state index contributed by atoms with van der Waals surface area (Å²) in [6.45, 7) is 2.75. The van der Waals surface area contributed by atoms with Crippen LogP contribution in [0.4, 0.5) is 5.69 Å². The molecule has 0 unspecified atom stereocenters. The minimum atomic E-state index is -0.645. The van der Waals surface area contributed by atoms with Crippen LogP contribution in [0.1, 0.15) is 24.2 Å². The van der Waals surface area contributed by atoms with Crippen LogP contribution in [0.5, 0.6) is 0 Å². The third-order valence-electron chi connectivity index (χ3n) is 4.72. The molecule has 0 amide bonds. The predicted octanol–water partition coefficient (Wildman–Crippen LogP) is 1.57. The van der Waals surface area contributed by atoms with E-state index in [9.17, 15) is 19.2 Å². The molecule has 3 rings (SSSR count). The van der Waals surface area contributed by atoms with Gasteiger partial charge >= 0.3 is 5.69 Å². The van der Waals surface area contributed by atoms with E-state index in [1.54, 1.807) is 35.8 Å². The topological polar surface area (TPSA) is 108 Å². The second kappa shape index (κ2) is 9.14. The maximum atomic E-state index is 13.1. The van der Waals surface area contributed by atoms with E-state index in [4.69, 9.17) is 0 Å². The van der Waals surface area contributed by atoms with Gasteiger partial charge in [0.05, 0.1) is 19.6 Å². The molecule has 0 fully saturated rings. The largest absolute Gasteiger partial charge is 0.377 e. The number of rotatable bonds is 7. The minimum absolute atomic E-state index is 0.139. The van der Waals surface area contributed by atoms with Crippen molar-refractivity contribution in [2.24, 2.45) is 7.05 Å². The zero-order valence-electron chi connectivity index (χ0n) is 17.2. The lowest BCUT2D eigenvalue weighted by atomic mass is 10.1.